The first kappa shape index (κ1) is 18.4. The lowest BCUT2D eigenvalue weighted by molar-refractivity contribution is 0.0376. The summed E-state index contributed by atoms with van der Waals surface area (Å²) >= 11 is 0. The van der Waals surface area contributed by atoms with Crippen molar-refractivity contribution in [2.75, 3.05) is 72.4 Å². The summed E-state index contributed by atoms with van der Waals surface area (Å²) in [7, 11) is 0. The summed E-state index contributed by atoms with van der Waals surface area (Å²) in [4.78, 5) is 6.74. The van der Waals surface area contributed by atoms with Crippen molar-refractivity contribution in [1.29, 1.82) is 0 Å². The third-order valence-corrected chi connectivity index (χ3v) is 4.17. The molecule has 7 nitrogen and oxygen atoms in total. The maximum absolute atomic E-state index is 5.86. The minimum absolute atomic E-state index is 0.538. The maximum Gasteiger partial charge on any atom is 0.188 e. The molecule has 0 spiro atoms. The van der Waals surface area contributed by atoms with Crippen LogP contribution < -0.4 is 11.1 Å². The molecule has 0 amide bonds. The van der Waals surface area contributed by atoms with Crippen LogP contribution in [0, 0.1) is 5.92 Å². The van der Waals surface area contributed by atoms with Crippen molar-refractivity contribution >= 4 is 5.96 Å². The van der Waals surface area contributed by atoms with E-state index in [-0.39, 0.29) is 0 Å². The highest BCUT2D eigenvalue weighted by Gasteiger charge is 2.15. The van der Waals surface area contributed by atoms with Gasteiger partial charge in [0.25, 0.3) is 0 Å². The van der Waals surface area contributed by atoms with Crippen LogP contribution in [0.25, 0.3) is 0 Å². The summed E-state index contributed by atoms with van der Waals surface area (Å²) in [6, 6.07) is 0. The van der Waals surface area contributed by atoms with Gasteiger partial charge in [0, 0.05) is 45.3 Å². The quantitative estimate of drug-likeness (QED) is 0.335. The van der Waals surface area contributed by atoms with Gasteiger partial charge < -0.3 is 25.3 Å². The van der Waals surface area contributed by atoms with Gasteiger partial charge in [0.15, 0.2) is 5.96 Å². The Hall–Kier alpha value is -0.890. The van der Waals surface area contributed by atoms with Crippen LogP contribution in [0.2, 0.25) is 0 Å². The lowest BCUT2D eigenvalue weighted by Gasteiger charge is -2.26. The molecule has 0 aromatic carbocycles. The number of rotatable bonds is 10. The van der Waals surface area contributed by atoms with Crippen LogP contribution in [0.1, 0.15) is 19.3 Å². The highest BCUT2D eigenvalue weighted by molar-refractivity contribution is 5.77. The number of nitrogens with two attached hydrogens (primary N) is 1. The maximum atomic E-state index is 5.86. The Balaban J connectivity index is 1.39. The predicted molar refractivity (Wildman–Crippen MR) is 90.7 cm³/mol. The van der Waals surface area contributed by atoms with Crippen molar-refractivity contribution < 1.29 is 14.2 Å². The molecule has 23 heavy (non-hydrogen) atoms. The molecular formula is C16H32N4O3. The van der Waals surface area contributed by atoms with Gasteiger partial charge >= 0.3 is 0 Å². The largest absolute Gasteiger partial charge is 0.381 e. The summed E-state index contributed by atoms with van der Waals surface area (Å²) < 4.78 is 16.3. The second-order valence-electron chi connectivity index (χ2n) is 6.16. The molecule has 0 aromatic rings. The van der Waals surface area contributed by atoms with Gasteiger partial charge in [-0.2, -0.15) is 0 Å². The van der Waals surface area contributed by atoms with Gasteiger partial charge in [-0.05, 0) is 25.8 Å². The average molecular weight is 328 g/mol. The molecule has 2 saturated heterocycles. The Morgan fingerprint density at radius 1 is 1.22 bits per heavy atom. The fourth-order valence-electron chi connectivity index (χ4n) is 2.73. The number of nitrogens with zero attached hydrogens (tertiary/aromatic N) is 2. The summed E-state index contributed by atoms with van der Waals surface area (Å²) in [6.45, 7) is 9.72. The molecule has 2 fully saturated rings. The fourth-order valence-corrected chi connectivity index (χ4v) is 2.73. The second-order valence-corrected chi connectivity index (χ2v) is 6.16. The number of hydrogen-bond donors (Lipinski definition) is 2. The first-order chi connectivity index (χ1) is 11.3. The van der Waals surface area contributed by atoms with Gasteiger partial charge in [-0.1, -0.05) is 0 Å². The minimum atomic E-state index is 0.538. The van der Waals surface area contributed by atoms with E-state index in [0.717, 1.165) is 85.1 Å². The molecule has 0 radical (unpaired) electrons. The lowest BCUT2D eigenvalue weighted by atomic mass is 10.1. The Morgan fingerprint density at radius 3 is 2.87 bits per heavy atom. The van der Waals surface area contributed by atoms with Crippen LogP contribution in [0.15, 0.2) is 4.99 Å². The average Bonchev–Trinajstić information content (AvgIpc) is 3.09. The molecule has 134 valence electrons. The van der Waals surface area contributed by atoms with Crippen molar-refractivity contribution in [3.63, 3.8) is 0 Å². The zero-order chi connectivity index (χ0) is 16.2. The molecule has 3 N–H and O–H groups in total. The molecule has 0 bridgehead atoms. The van der Waals surface area contributed by atoms with Crippen molar-refractivity contribution in [3.8, 4) is 0 Å². The lowest BCUT2D eigenvalue weighted by Crippen LogP contribution is -2.39. The van der Waals surface area contributed by atoms with Crippen molar-refractivity contribution in [2.24, 2.45) is 16.6 Å². The Bertz CT molecular complexity index is 329. The monoisotopic (exact) mass is 328 g/mol. The predicted octanol–water partition coefficient (Wildman–Crippen LogP) is 0.0562. The third-order valence-electron chi connectivity index (χ3n) is 4.17. The van der Waals surface area contributed by atoms with E-state index in [1.165, 1.54) is 0 Å². The van der Waals surface area contributed by atoms with Gasteiger partial charge in [-0.15, -0.1) is 0 Å². The Kier molecular flexibility index (Phi) is 9.32. The van der Waals surface area contributed by atoms with Crippen molar-refractivity contribution in [2.45, 2.75) is 19.3 Å². The highest BCUT2D eigenvalue weighted by atomic mass is 16.5. The normalized spacial score (nSPS) is 23.3. The summed E-state index contributed by atoms with van der Waals surface area (Å²) in [5.41, 5.74) is 5.86. The molecule has 0 saturated carbocycles. The number of ether oxygens (including phenoxy) is 3. The molecule has 2 heterocycles. The highest BCUT2D eigenvalue weighted by Crippen LogP contribution is 2.12. The first-order valence-electron chi connectivity index (χ1n) is 8.84. The number of guanidine groups is 1. The smallest absolute Gasteiger partial charge is 0.188 e. The fraction of sp³-hybridized carbons (Fsp3) is 0.938. The summed E-state index contributed by atoms with van der Waals surface area (Å²) in [5, 5.41) is 3.17. The molecule has 2 aliphatic heterocycles. The van der Waals surface area contributed by atoms with Crippen molar-refractivity contribution in [3.05, 3.63) is 0 Å². The zero-order valence-electron chi connectivity index (χ0n) is 14.2. The van der Waals surface area contributed by atoms with Crippen LogP contribution in [-0.2, 0) is 14.2 Å². The molecule has 2 aliphatic rings. The van der Waals surface area contributed by atoms with Crippen LogP contribution >= 0.6 is 0 Å². The van der Waals surface area contributed by atoms with E-state index in [2.05, 4.69) is 15.2 Å². The number of aliphatic imine (C=N–C) groups is 1. The summed E-state index contributed by atoms with van der Waals surface area (Å²) in [6.07, 6.45) is 3.10. The minimum Gasteiger partial charge on any atom is -0.381 e. The van der Waals surface area contributed by atoms with E-state index in [1.54, 1.807) is 0 Å². The van der Waals surface area contributed by atoms with E-state index in [0.29, 0.717) is 18.4 Å². The van der Waals surface area contributed by atoms with Crippen LogP contribution in [0.4, 0.5) is 0 Å². The number of nitrogens with one attached hydrogen (secondary N) is 1. The van der Waals surface area contributed by atoms with Gasteiger partial charge in [-0.3, -0.25) is 9.89 Å². The van der Waals surface area contributed by atoms with Crippen LogP contribution in [0.5, 0.6) is 0 Å². The van der Waals surface area contributed by atoms with Gasteiger partial charge in [0.2, 0.25) is 0 Å². The standard InChI is InChI=1S/C16H32N4O3/c17-16(18-4-1-6-20-7-11-21-12-8-20)19-5-2-9-22-13-15-3-10-23-14-15/h15H,1-14H2,(H3,17,18,19). The second kappa shape index (κ2) is 11.6. The van der Waals surface area contributed by atoms with E-state index in [9.17, 15) is 0 Å². The Morgan fingerprint density at radius 2 is 2.09 bits per heavy atom. The molecule has 7 heteroatoms. The molecule has 1 atom stereocenters. The van der Waals surface area contributed by atoms with Crippen LogP contribution in [-0.4, -0.2) is 83.2 Å². The van der Waals surface area contributed by atoms with Gasteiger partial charge in [0.1, 0.15) is 0 Å². The topological polar surface area (TPSA) is 81.3 Å². The number of morpholine rings is 1. The van der Waals surface area contributed by atoms with Gasteiger partial charge in [-0.25, -0.2) is 0 Å². The first-order valence-corrected chi connectivity index (χ1v) is 8.84. The van der Waals surface area contributed by atoms with Crippen LogP contribution in [0.3, 0.4) is 0 Å². The van der Waals surface area contributed by atoms with E-state index in [4.69, 9.17) is 19.9 Å². The van der Waals surface area contributed by atoms with Crippen molar-refractivity contribution in [1.82, 2.24) is 10.2 Å². The van der Waals surface area contributed by atoms with Gasteiger partial charge in [0.05, 0.1) is 26.4 Å². The van der Waals surface area contributed by atoms with E-state index in [1.807, 2.05) is 0 Å². The molecule has 2 rings (SSSR count). The summed E-state index contributed by atoms with van der Waals surface area (Å²) in [5.74, 6) is 1.12. The number of hydrogen-bond acceptors (Lipinski definition) is 5. The molecular weight excluding hydrogens is 296 g/mol. The van der Waals surface area contributed by atoms with E-state index >= 15 is 0 Å². The SMILES string of the molecule is NC(=NCCCOCC1CCOC1)NCCCN1CCOCC1. The molecule has 1 unspecified atom stereocenters. The van der Waals surface area contributed by atoms with E-state index < -0.39 is 0 Å². The Labute approximate surface area is 139 Å². The molecule has 0 aromatic heterocycles. The molecule has 0 aliphatic carbocycles. The zero-order valence-corrected chi connectivity index (χ0v) is 14.2. The third kappa shape index (κ3) is 8.50.